The van der Waals surface area contributed by atoms with E-state index in [1.54, 1.807) is 25.3 Å². The number of hydrogen-bond donors (Lipinski definition) is 3. The van der Waals surface area contributed by atoms with Crippen LogP contribution in [-0.4, -0.2) is 129 Å². The zero-order chi connectivity index (χ0) is 46.6. The van der Waals surface area contributed by atoms with E-state index in [-0.39, 0.29) is 31.3 Å². The van der Waals surface area contributed by atoms with Gasteiger partial charge in [-0.2, -0.15) is 0 Å². The van der Waals surface area contributed by atoms with Gasteiger partial charge >= 0.3 is 11.9 Å². The number of nitrogens with zero attached hydrogens (tertiary/aromatic N) is 3. The summed E-state index contributed by atoms with van der Waals surface area (Å²) in [6.07, 6.45) is 8.90. The molecule has 1 aliphatic carbocycles. The molecule has 1 saturated heterocycles. The summed E-state index contributed by atoms with van der Waals surface area (Å²) in [5.41, 5.74) is 2.21. The fraction of sp³-hybridized carbons (Fsp3) is 0.491. The molecule has 1 unspecified atom stereocenters. The van der Waals surface area contributed by atoms with Crippen molar-refractivity contribution in [1.82, 2.24) is 20.1 Å². The average Bonchev–Trinajstić information content (AvgIpc) is 4.13. The maximum atomic E-state index is 15.5. The number of rotatable bonds is 9. The van der Waals surface area contributed by atoms with Crippen molar-refractivity contribution in [3.8, 4) is 17.2 Å². The van der Waals surface area contributed by atoms with E-state index in [0.29, 0.717) is 60.7 Å². The van der Waals surface area contributed by atoms with E-state index in [2.05, 4.69) is 81.3 Å². The molecule has 9 atom stereocenters. The van der Waals surface area contributed by atoms with Gasteiger partial charge < -0.3 is 44.0 Å². The number of esters is 2. The third kappa shape index (κ3) is 6.14. The number of fused-ring (bicyclic) bond motifs is 7. The molecule has 14 heteroatoms. The van der Waals surface area contributed by atoms with Crippen LogP contribution in [-0.2, 0) is 36.3 Å². The molecule has 6 aliphatic heterocycles. The van der Waals surface area contributed by atoms with E-state index in [1.165, 1.54) is 19.6 Å². The summed E-state index contributed by atoms with van der Waals surface area (Å²) in [5.74, 6) is 0.253. The Morgan fingerprint density at radius 3 is 2.60 bits per heavy atom. The van der Waals surface area contributed by atoms with Crippen LogP contribution in [0.4, 0.5) is 5.69 Å². The first-order valence-electron chi connectivity index (χ1n) is 23.9. The lowest BCUT2D eigenvalue weighted by Gasteiger charge is -2.64. The summed E-state index contributed by atoms with van der Waals surface area (Å²) in [7, 11) is 5.11. The SMILES string of the molecule is CCC1=C[C@H]2CN(CCc3c([nH]c4ccccc34)[C@@](C(=O)OC)(c3cc4c(cc3OC)N(C)[C@H]3[C@@](O)(CNC(=O)c5ccc6c(c5)OCO6)[C@H](OC(C)=O)[C@]5(CC)C=CCN6CC[C@]43[C@@H]65)C2)C1. The highest BCUT2D eigenvalue weighted by molar-refractivity contribution is 5.96. The van der Waals surface area contributed by atoms with Crippen molar-refractivity contribution in [2.24, 2.45) is 11.3 Å². The molecule has 3 aromatic carbocycles. The standard InChI is InChI=1S/C53H61N5O9/c1-7-32-22-33-26-52(49(61)64-6,44-36(16-20-57(27-32)28-33)35-12-9-10-13-39(35)55-44)38-24-37-40(25-42(38)63-5)56(4)47-51(37)18-21-58-19-11-17-50(8-2,46(51)58)48(67-31(3)59)53(47,62)29-54-45(60)34-14-15-41-43(23-34)66-30-65-41/h9-15,17,22-25,33,46-48,55,62H,7-8,16,18-21,26-30H2,1-6H3,(H,54,60)/t33-,46+,47-,48-,50-,51-,52+,53+/m1/s1. The number of aromatic amines is 1. The molecule has 67 heavy (non-hydrogen) atoms. The first kappa shape index (κ1) is 43.7. The molecular weight excluding hydrogens is 851 g/mol. The minimum Gasteiger partial charge on any atom is -0.496 e. The van der Waals surface area contributed by atoms with Crippen LogP contribution >= 0.6 is 0 Å². The molecule has 1 aromatic heterocycles. The first-order chi connectivity index (χ1) is 32.4. The Morgan fingerprint density at radius 1 is 1.00 bits per heavy atom. The van der Waals surface area contributed by atoms with E-state index in [4.69, 9.17) is 23.7 Å². The van der Waals surface area contributed by atoms with E-state index in [9.17, 15) is 14.7 Å². The van der Waals surface area contributed by atoms with Crippen molar-refractivity contribution >= 4 is 34.4 Å². The molecule has 4 aromatic rings. The quantitative estimate of drug-likeness (QED) is 0.138. The number of anilines is 1. The van der Waals surface area contributed by atoms with Crippen LogP contribution in [0.5, 0.6) is 17.2 Å². The number of ether oxygens (including phenoxy) is 5. The highest BCUT2D eigenvalue weighted by Crippen LogP contribution is 2.68. The maximum Gasteiger partial charge on any atom is 0.322 e. The smallest absolute Gasteiger partial charge is 0.322 e. The normalized spacial score (nSPS) is 32.2. The zero-order valence-electron chi connectivity index (χ0n) is 39.3. The van der Waals surface area contributed by atoms with Gasteiger partial charge in [-0.3, -0.25) is 24.2 Å². The second kappa shape index (κ2) is 15.9. The summed E-state index contributed by atoms with van der Waals surface area (Å²) in [6.45, 7) is 9.45. The molecule has 1 saturated carbocycles. The molecule has 3 N–H and O–H groups in total. The van der Waals surface area contributed by atoms with Gasteiger partial charge in [0.25, 0.3) is 5.91 Å². The zero-order valence-corrected chi connectivity index (χ0v) is 39.3. The van der Waals surface area contributed by atoms with Crippen molar-refractivity contribution in [3.63, 3.8) is 0 Å². The van der Waals surface area contributed by atoms with Gasteiger partial charge in [-0.15, -0.1) is 0 Å². The molecule has 2 fully saturated rings. The third-order valence-electron chi connectivity index (χ3n) is 16.8. The minimum atomic E-state index is -1.85. The second-order valence-electron chi connectivity index (χ2n) is 19.9. The highest BCUT2D eigenvalue weighted by Gasteiger charge is 2.78. The molecular formula is C53H61N5O9. The number of benzene rings is 3. The van der Waals surface area contributed by atoms with Crippen molar-refractivity contribution in [2.75, 3.05) is 72.2 Å². The van der Waals surface area contributed by atoms with Gasteiger partial charge in [0.15, 0.2) is 11.5 Å². The number of carbonyl (C=O) groups excluding carboxylic acids is 3. The number of aliphatic hydroxyl groups is 1. The number of para-hydroxylation sites is 1. The van der Waals surface area contributed by atoms with Crippen LogP contribution in [0.3, 0.4) is 0 Å². The lowest BCUT2D eigenvalue weighted by molar-refractivity contribution is -0.216. The van der Waals surface area contributed by atoms with Crippen LogP contribution in [0.1, 0.15) is 79.2 Å². The second-order valence-corrected chi connectivity index (χ2v) is 19.9. The fourth-order valence-corrected chi connectivity index (χ4v) is 14.4. The largest absolute Gasteiger partial charge is 0.496 e. The van der Waals surface area contributed by atoms with Crippen LogP contribution < -0.4 is 24.4 Å². The van der Waals surface area contributed by atoms with Crippen molar-refractivity contribution in [3.05, 3.63) is 106 Å². The minimum absolute atomic E-state index is 0.0162. The number of likely N-dealkylation sites (N-methyl/N-ethyl adjacent to an activating group) is 1. The van der Waals surface area contributed by atoms with Gasteiger partial charge in [0.1, 0.15) is 22.9 Å². The van der Waals surface area contributed by atoms with Gasteiger partial charge in [0, 0.05) is 96.5 Å². The van der Waals surface area contributed by atoms with Crippen molar-refractivity contribution in [2.45, 2.75) is 87.5 Å². The van der Waals surface area contributed by atoms with Crippen LogP contribution in [0.2, 0.25) is 0 Å². The number of aromatic nitrogens is 1. The molecule has 0 radical (unpaired) electrons. The lowest BCUT2D eigenvalue weighted by Crippen LogP contribution is -2.81. The van der Waals surface area contributed by atoms with Crippen molar-refractivity contribution in [1.29, 1.82) is 0 Å². The summed E-state index contributed by atoms with van der Waals surface area (Å²) >= 11 is 0. The Morgan fingerprint density at radius 2 is 1.82 bits per heavy atom. The van der Waals surface area contributed by atoms with Crippen LogP contribution in [0, 0.1) is 11.3 Å². The number of amides is 1. The van der Waals surface area contributed by atoms with E-state index < -0.39 is 45.9 Å². The van der Waals surface area contributed by atoms with E-state index in [0.717, 1.165) is 65.9 Å². The van der Waals surface area contributed by atoms with E-state index >= 15 is 4.79 Å². The topological polar surface area (TPSA) is 155 Å². The molecule has 1 amide bonds. The van der Waals surface area contributed by atoms with Gasteiger partial charge in [0.2, 0.25) is 6.79 Å². The summed E-state index contributed by atoms with van der Waals surface area (Å²) in [6, 6.07) is 16.6. The highest BCUT2D eigenvalue weighted by atomic mass is 16.7. The van der Waals surface area contributed by atoms with Crippen LogP contribution in [0.25, 0.3) is 10.9 Å². The Balaban J connectivity index is 1.14. The number of H-pyrrole nitrogens is 1. The van der Waals surface area contributed by atoms with Gasteiger partial charge in [-0.05, 0) is 86.0 Å². The number of hydrogen-bond acceptors (Lipinski definition) is 12. The average molecular weight is 912 g/mol. The van der Waals surface area contributed by atoms with E-state index in [1.807, 2.05) is 19.2 Å². The Hall–Kier alpha value is -5.83. The molecule has 7 aliphatic rings. The molecule has 11 rings (SSSR count). The summed E-state index contributed by atoms with van der Waals surface area (Å²) in [4.78, 5) is 54.0. The lowest BCUT2D eigenvalue weighted by atomic mass is 9.47. The molecule has 352 valence electrons. The molecule has 2 bridgehead atoms. The third-order valence-corrected chi connectivity index (χ3v) is 16.8. The molecule has 7 heterocycles. The van der Waals surface area contributed by atoms with Gasteiger partial charge in [0.05, 0.1) is 26.8 Å². The Labute approximate surface area is 391 Å². The monoisotopic (exact) mass is 911 g/mol. The van der Waals surface area contributed by atoms with Crippen molar-refractivity contribution < 1.29 is 43.2 Å². The number of nitrogens with one attached hydrogen (secondary N) is 2. The fourth-order valence-electron chi connectivity index (χ4n) is 14.4. The Kier molecular flexibility index (Phi) is 10.4. The van der Waals surface area contributed by atoms with Gasteiger partial charge in [-0.1, -0.05) is 55.8 Å². The maximum absolute atomic E-state index is 15.5. The summed E-state index contributed by atoms with van der Waals surface area (Å²) in [5, 5.41) is 18.2. The molecule has 1 spiro atoms. The van der Waals surface area contributed by atoms with Crippen LogP contribution in [0.15, 0.2) is 78.4 Å². The van der Waals surface area contributed by atoms with Gasteiger partial charge in [-0.25, -0.2) is 0 Å². The predicted molar refractivity (Wildman–Crippen MR) is 252 cm³/mol. The predicted octanol–water partition coefficient (Wildman–Crippen LogP) is 5.78. The Bertz CT molecular complexity index is 2770. The summed E-state index contributed by atoms with van der Waals surface area (Å²) < 4.78 is 30.1. The first-order valence-corrected chi connectivity index (χ1v) is 23.9. The molecule has 14 nitrogen and oxygen atoms in total. The number of carbonyl (C=O) groups is 3. The number of methoxy groups -OCH3 is 2.